The first kappa shape index (κ1) is 13.5. The summed E-state index contributed by atoms with van der Waals surface area (Å²) in [7, 11) is 0. The topological polar surface area (TPSA) is 53.3 Å². The third-order valence-corrected chi connectivity index (χ3v) is 3.52. The molecule has 0 aliphatic carbocycles. The van der Waals surface area contributed by atoms with Crippen molar-refractivity contribution in [1.82, 2.24) is 4.90 Å². The van der Waals surface area contributed by atoms with E-state index in [-0.39, 0.29) is 5.91 Å². The number of hydrogen-bond acceptors (Lipinski definition) is 3. The van der Waals surface area contributed by atoms with E-state index in [2.05, 4.69) is 31.9 Å². The van der Waals surface area contributed by atoms with E-state index in [1.165, 1.54) is 0 Å². The van der Waals surface area contributed by atoms with Crippen molar-refractivity contribution < 1.29 is 9.53 Å². The van der Waals surface area contributed by atoms with Gasteiger partial charge in [-0.25, -0.2) is 0 Å². The van der Waals surface area contributed by atoms with Crippen LogP contribution in [-0.4, -0.2) is 36.6 Å². The number of morpholine rings is 1. The van der Waals surface area contributed by atoms with Crippen LogP contribution in [0.25, 0.3) is 0 Å². The first-order valence-corrected chi connectivity index (χ1v) is 6.95. The minimum Gasteiger partial charge on any atom is -0.360 e. The number of rotatable bonds is 1. The number of benzene rings is 1. The van der Waals surface area contributed by atoms with Gasteiger partial charge in [-0.3, -0.25) is 4.79 Å². The molecule has 4 nitrogen and oxygen atoms in total. The minimum absolute atomic E-state index is 0.0828. The summed E-state index contributed by atoms with van der Waals surface area (Å²) in [6.07, 6.45) is -0.529. The van der Waals surface area contributed by atoms with Crippen LogP contribution in [0, 0.1) is 11.3 Å². The van der Waals surface area contributed by atoms with Gasteiger partial charge in [0.25, 0.3) is 5.91 Å². The molecule has 1 heterocycles. The zero-order valence-electron chi connectivity index (χ0n) is 9.40. The third-order valence-electron chi connectivity index (χ3n) is 2.61. The van der Waals surface area contributed by atoms with Gasteiger partial charge < -0.3 is 9.64 Å². The maximum atomic E-state index is 12.3. The normalized spacial score (nSPS) is 19.4. The fourth-order valence-electron chi connectivity index (χ4n) is 1.77. The summed E-state index contributed by atoms with van der Waals surface area (Å²) in [6, 6.07) is 7.43. The van der Waals surface area contributed by atoms with Crippen LogP contribution in [0.2, 0.25) is 0 Å². The number of amides is 1. The van der Waals surface area contributed by atoms with Gasteiger partial charge in [0.2, 0.25) is 0 Å². The van der Waals surface area contributed by atoms with Crippen molar-refractivity contribution in [1.29, 1.82) is 5.26 Å². The Balaban J connectivity index is 2.18. The molecule has 1 saturated heterocycles. The molecule has 1 amide bonds. The lowest BCUT2D eigenvalue weighted by atomic mass is 10.2. The van der Waals surface area contributed by atoms with Gasteiger partial charge >= 0.3 is 0 Å². The molecule has 0 spiro atoms. The summed E-state index contributed by atoms with van der Waals surface area (Å²) in [4.78, 5) is 13.9. The summed E-state index contributed by atoms with van der Waals surface area (Å²) in [6.45, 7) is 1.24. The SMILES string of the molecule is N#CC1CN(C(=O)c2cc(Br)cc(Br)c2)CCO1. The Morgan fingerprint density at radius 1 is 1.39 bits per heavy atom. The number of halogens is 2. The van der Waals surface area contributed by atoms with Gasteiger partial charge in [-0.15, -0.1) is 0 Å². The summed E-state index contributed by atoms with van der Waals surface area (Å²) in [5.74, 6) is -0.0828. The molecule has 0 aromatic heterocycles. The molecule has 1 aromatic carbocycles. The molecule has 94 valence electrons. The van der Waals surface area contributed by atoms with Crippen LogP contribution in [0.3, 0.4) is 0 Å². The van der Waals surface area contributed by atoms with Crippen molar-refractivity contribution in [3.63, 3.8) is 0 Å². The van der Waals surface area contributed by atoms with E-state index in [1.54, 1.807) is 17.0 Å². The molecule has 18 heavy (non-hydrogen) atoms. The van der Waals surface area contributed by atoms with Crippen molar-refractivity contribution in [2.75, 3.05) is 19.7 Å². The van der Waals surface area contributed by atoms with Gasteiger partial charge in [0.15, 0.2) is 6.10 Å². The van der Waals surface area contributed by atoms with Crippen LogP contribution < -0.4 is 0 Å². The molecule has 1 unspecified atom stereocenters. The largest absolute Gasteiger partial charge is 0.360 e. The fourth-order valence-corrected chi connectivity index (χ4v) is 3.07. The molecule has 1 aromatic rings. The maximum Gasteiger partial charge on any atom is 0.254 e. The first-order valence-electron chi connectivity index (χ1n) is 5.37. The second kappa shape index (κ2) is 5.83. The van der Waals surface area contributed by atoms with Crippen molar-refractivity contribution in [2.24, 2.45) is 0 Å². The smallest absolute Gasteiger partial charge is 0.254 e. The monoisotopic (exact) mass is 372 g/mol. The molecule has 0 bridgehead atoms. The van der Waals surface area contributed by atoms with Gasteiger partial charge in [0, 0.05) is 21.1 Å². The Kier molecular flexibility index (Phi) is 4.38. The van der Waals surface area contributed by atoms with Crippen molar-refractivity contribution in [3.8, 4) is 6.07 Å². The van der Waals surface area contributed by atoms with Crippen molar-refractivity contribution in [3.05, 3.63) is 32.7 Å². The highest BCUT2D eigenvalue weighted by Gasteiger charge is 2.25. The molecular weight excluding hydrogens is 364 g/mol. The van der Waals surface area contributed by atoms with Crippen LogP contribution in [0.15, 0.2) is 27.1 Å². The molecule has 0 radical (unpaired) electrons. The van der Waals surface area contributed by atoms with Gasteiger partial charge in [0.05, 0.1) is 19.2 Å². The average Bonchev–Trinajstić information content (AvgIpc) is 2.37. The highest BCUT2D eigenvalue weighted by molar-refractivity contribution is 9.11. The van der Waals surface area contributed by atoms with E-state index in [0.29, 0.717) is 25.3 Å². The fraction of sp³-hybridized carbons (Fsp3) is 0.333. The highest BCUT2D eigenvalue weighted by Crippen LogP contribution is 2.21. The van der Waals surface area contributed by atoms with Crippen molar-refractivity contribution >= 4 is 37.8 Å². The Bertz CT molecular complexity index is 493. The molecule has 1 aliphatic rings. The van der Waals surface area contributed by atoms with Crippen molar-refractivity contribution in [2.45, 2.75) is 6.10 Å². The van der Waals surface area contributed by atoms with Gasteiger partial charge in [0.1, 0.15) is 0 Å². The molecule has 6 heteroatoms. The Morgan fingerprint density at radius 3 is 2.67 bits per heavy atom. The predicted molar refractivity (Wildman–Crippen MR) is 73.1 cm³/mol. The van der Waals surface area contributed by atoms with Crippen LogP contribution in [0.4, 0.5) is 0 Å². The Labute approximate surface area is 122 Å². The molecule has 2 rings (SSSR count). The van der Waals surface area contributed by atoms with Gasteiger partial charge in [-0.1, -0.05) is 31.9 Å². The van der Waals surface area contributed by atoms with Crippen LogP contribution in [0.1, 0.15) is 10.4 Å². The van der Waals surface area contributed by atoms with Crippen LogP contribution in [0.5, 0.6) is 0 Å². The number of nitriles is 1. The molecule has 1 atom stereocenters. The molecule has 0 N–H and O–H groups in total. The third kappa shape index (κ3) is 3.10. The molecule has 1 fully saturated rings. The number of ether oxygens (including phenoxy) is 1. The lowest BCUT2D eigenvalue weighted by molar-refractivity contribution is 0.00346. The second-order valence-corrected chi connectivity index (χ2v) is 5.73. The van der Waals surface area contributed by atoms with Gasteiger partial charge in [-0.05, 0) is 18.2 Å². The lowest BCUT2D eigenvalue weighted by Gasteiger charge is -2.29. The zero-order valence-corrected chi connectivity index (χ0v) is 12.6. The van der Waals surface area contributed by atoms with E-state index >= 15 is 0 Å². The zero-order chi connectivity index (χ0) is 13.1. The standard InChI is InChI=1S/C12H10Br2N2O2/c13-9-3-8(4-10(14)5-9)12(17)16-1-2-18-11(6-15)7-16/h3-5,11H,1-2,7H2. The number of hydrogen-bond donors (Lipinski definition) is 0. The Morgan fingerprint density at radius 2 is 2.06 bits per heavy atom. The number of carbonyl (C=O) groups is 1. The van der Waals surface area contributed by atoms with Crippen LogP contribution in [-0.2, 0) is 4.74 Å². The molecule has 0 saturated carbocycles. The van der Waals surface area contributed by atoms with E-state index in [9.17, 15) is 4.79 Å². The number of carbonyl (C=O) groups excluding carboxylic acids is 1. The molecule has 1 aliphatic heterocycles. The highest BCUT2D eigenvalue weighted by atomic mass is 79.9. The second-order valence-electron chi connectivity index (χ2n) is 3.90. The number of nitrogens with zero attached hydrogens (tertiary/aromatic N) is 2. The van der Waals surface area contributed by atoms with Gasteiger partial charge in [-0.2, -0.15) is 5.26 Å². The quantitative estimate of drug-likeness (QED) is 0.760. The van der Waals surface area contributed by atoms with E-state index in [0.717, 1.165) is 8.95 Å². The summed E-state index contributed by atoms with van der Waals surface area (Å²) in [5.41, 5.74) is 0.592. The van der Waals surface area contributed by atoms with Crippen LogP contribution >= 0.6 is 31.9 Å². The first-order chi connectivity index (χ1) is 8.60. The summed E-state index contributed by atoms with van der Waals surface area (Å²) >= 11 is 6.71. The molecular formula is C12H10Br2N2O2. The predicted octanol–water partition coefficient (Wildman–Crippen LogP) is 2.58. The van der Waals surface area contributed by atoms with E-state index in [4.69, 9.17) is 10.00 Å². The summed E-state index contributed by atoms with van der Waals surface area (Å²) < 4.78 is 6.89. The Hall–Kier alpha value is -0.900. The summed E-state index contributed by atoms with van der Waals surface area (Å²) in [5, 5.41) is 8.82. The maximum absolute atomic E-state index is 12.3. The van der Waals surface area contributed by atoms with E-state index < -0.39 is 6.10 Å². The lowest BCUT2D eigenvalue weighted by Crippen LogP contribution is -2.45. The average molecular weight is 374 g/mol. The van der Waals surface area contributed by atoms with E-state index in [1.807, 2.05) is 12.1 Å². The minimum atomic E-state index is -0.529.